The fraction of sp³-hybridized carbons (Fsp3) is 0.125. The Labute approximate surface area is 290 Å². The standard InChI is InChI=1S/C48H34O2/c1-47(2)35-26-34(28-17-9-6-10-18-28)45-42(30-20-12-14-22-38(30)49-45)40(35)31-23-24-32-41-36(48(3,4)44(32)43(31)47)25-33(27-15-7-5-8-16-27)39-29-19-11-13-21-37(29)50-46(39)41/h5-26H,1-4H3. The van der Waals surface area contributed by atoms with Crippen molar-refractivity contribution in [3.63, 3.8) is 0 Å². The Morgan fingerprint density at radius 1 is 0.400 bits per heavy atom. The maximum Gasteiger partial charge on any atom is 0.144 e. The Hall–Kier alpha value is -5.86. The third-order valence-electron chi connectivity index (χ3n) is 11.8. The summed E-state index contributed by atoms with van der Waals surface area (Å²) < 4.78 is 13.6. The Morgan fingerprint density at radius 3 is 1.48 bits per heavy atom. The van der Waals surface area contributed by atoms with Crippen LogP contribution in [-0.2, 0) is 10.8 Å². The maximum absolute atomic E-state index is 6.89. The van der Waals surface area contributed by atoms with Gasteiger partial charge in [-0.15, -0.1) is 0 Å². The van der Waals surface area contributed by atoms with Crippen LogP contribution < -0.4 is 0 Å². The third-order valence-corrected chi connectivity index (χ3v) is 11.8. The van der Waals surface area contributed by atoms with E-state index in [4.69, 9.17) is 8.83 Å². The van der Waals surface area contributed by atoms with E-state index in [1.54, 1.807) is 0 Å². The number of fused-ring (bicyclic) bond motifs is 15. The van der Waals surface area contributed by atoms with E-state index in [-0.39, 0.29) is 10.8 Å². The second-order valence-electron chi connectivity index (χ2n) is 15.2. The molecule has 0 fully saturated rings. The lowest BCUT2D eigenvalue weighted by molar-refractivity contribution is 0.601. The highest BCUT2D eigenvalue weighted by atomic mass is 16.3. The molecule has 0 spiro atoms. The number of para-hydroxylation sites is 2. The van der Waals surface area contributed by atoms with Crippen LogP contribution in [0.5, 0.6) is 0 Å². The quantitative estimate of drug-likeness (QED) is 0.188. The zero-order valence-electron chi connectivity index (χ0n) is 28.5. The van der Waals surface area contributed by atoms with Crippen molar-refractivity contribution in [3.05, 3.63) is 156 Å². The molecule has 238 valence electrons. The number of furan rings is 2. The summed E-state index contributed by atoms with van der Waals surface area (Å²) in [5.41, 5.74) is 18.6. The van der Waals surface area contributed by atoms with E-state index < -0.39 is 0 Å². The molecular formula is C48H34O2. The molecule has 0 atom stereocenters. The van der Waals surface area contributed by atoms with Crippen molar-refractivity contribution >= 4 is 43.9 Å². The average Bonchev–Trinajstić information content (AvgIpc) is 3.84. The summed E-state index contributed by atoms with van der Waals surface area (Å²) in [5, 5.41) is 4.73. The van der Waals surface area contributed by atoms with Gasteiger partial charge >= 0.3 is 0 Å². The van der Waals surface area contributed by atoms with Crippen LogP contribution in [0.15, 0.2) is 142 Å². The largest absolute Gasteiger partial charge is 0.455 e. The maximum atomic E-state index is 6.89. The van der Waals surface area contributed by atoms with Crippen molar-refractivity contribution in [1.29, 1.82) is 0 Å². The van der Waals surface area contributed by atoms with Gasteiger partial charge in [0.15, 0.2) is 0 Å². The van der Waals surface area contributed by atoms with Gasteiger partial charge in [0, 0.05) is 43.5 Å². The van der Waals surface area contributed by atoms with Crippen LogP contribution in [0.1, 0.15) is 49.9 Å². The first-order chi connectivity index (χ1) is 24.3. The van der Waals surface area contributed by atoms with Crippen LogP contribution in [0.25, 0.3) is 88.4 Å². The van der Waals surface area contributed by atoms with Crippen molar-refractivity contribution in [2.24, 2.45) is 0 Å². The Bertz CT molecular complexity index is 2900. The van der Waals surface area contributed by atoms with Crippen molar-refractivity contribution in [1.82, 2.24) is 0 Å². The summed E-state index contributed by atoms with van der Waals surface area (Å²) in [6.07, 6.45) is 0. The normalized spacial score (nSPS) is 15.1. The van der Waals surface area contributed by atoms with Crippen LogP contribution in [-0.4, -0.2) is 0 Å². The summed E-state index contributed by atoms with van der Waals surface area (Å²) >= 11 is 0. The molecule has 0 radical (unpaired) electrons. The minimum atomic E-state index is -0.272. The average molecular weight is 643 g/mol. The summed E-state index contributed by atoms with van der Waals surface area (Å²) in [6, 6.07) is 48.2. The zero-order chi connectivity index (χ0) is 33.5. The summed E-state index contributed by atoms with van der Waals surface area (Å²) in [5.74, 6) is 0. The molecule has 2 aliphatic rings. The molecule has 50 heavy (non-hydrogen) atoms. The van der Waals surface area contributed by atoms with E-state index in [0.717, 1.165) is 33.3 Å². The van der Waals surface area contributed by atoms with E-state index in [9.17, 15) is 0 Å². The zero-order valence-corrected chi connectivity index (χ0v) is 28.5. The first kappa shape index (κ1) is 28.0. The Kier molecular flexibility index (Phi) is 5.28. The molecule has 0 N–H and O–H groups in total. The lowest BCUT2D eigenvalue weighted by Crippen LogP contribution is -2.24. The van der Waals surface area contributed by atoms with Crippen molar-refractivity contribution in [2.45, 2.75) is 38.5 Å². The monoisotopic (exact) mass is 642 g/mol. The third kappa shape index (κ3) is 3.39. The van der Waals surface area contributed by atoms with E-state index in [0.29, 0.717) is 0 Å². The van der Waals surface area contributed by atoms with Gasteiger partial charge in [0.05, 0.1) is 0 Å². The predicted molar refractivity (Wildman–Crippen MR) is 207 cm³/mol. The fourth-order valence-electron chi connectivity index (χ4n) is 9.60. The number of benzene rings is 7. The van der Waals surface area contributed by atoms with Gasteiger partial charge in [0.25, 0.3) is 0 Å². The van der Waals surface area contributed by atoms with Crippen LogP contribution in [0, 0.1) is 0 Å². The van der Waals surface area contributed by atoms with E-state index in [2.05, 4.69) is 161 Å². The van der Waals surface area contributed by atoms with E-state index >= 15 is 0 Å². The highest BCUT2D eigenvalue weighted by Crippen LogP contribution is 2.63. The molecule has 2 heterocycles. The Morgan fingerprint density at radius 2 is 0.860 bits per heavy atom. The molecule has 2 nitrogen and oxygen atoms in total. The first-order valence-corrected chi connectivity index (χ1v) is 17.6. The molecule has 7 aromatic carbocycles. The summed E-state index contributed by atoms with van der Waals surface area (Å²) in [7, 11) is 0. The molecule has 0 bridgehead atoms. The van der Waals surface area contributed by atoms with Gasteiger partial charge < -0.3 is 8.83 Å². The Balaban J connectivity index is 1.26. The van der Waals surface area contributed by atoms with Gasteiger partial charge in [-0.05, 0) is 79.9 Å². The number of hydrogen-bond donors (Lipinski definition) is 0. The van der Waals surface area contributed by atoms with Gasteiger partial charge in [-0.25, -0.2) is 0 Å². The second kappa shape index (κ2) is 9.43. The van der Waals surface area contributed by atoms with Gasteiger partial charge in [-0.1, -0.05) is 137 Å². The minimum Gasteiger partial charge on any atom is -0.455 e. The van der Waals surface area contributed by atoms with Crippen LogP contribution in [0.2, 0.25) is 0 Å². The predicted octanol–water partition coefficient (Wildman–Crippen LogP) is 13.4. The van der Waals surface area contributed by atoms with Crippen molar-refractivity contribution in [3.8, 4) is 44.5 Å². The molecule has 0 amide bonds. The smallest absolute Gasteiger partial charge is 0.144 e. The highest BCUT2D eigenvalue weighted by Gasteiger charge is 2.48. The highest BCUT2D eigenvalue weighted by molar-refractivity contribution is 6.21. The van der Waals surface area contributed by atoms with Crippen LogP contribution in [0.4, 0.5) is 0 Å². The number of rotatable bonds is 2. The summed E-state index contributed by atoms with van der Waals surface area (Å²) in [4.78, 5) is 0. The molecule has 0 unspecified atom stereocenters. The number of hydrogen-bond acceptors (Lipinski definition) is 2. The van der Waals surface area contributed by atoms with Gasteiger partial charge in [-0.3, -0.25) is 0 Å². The lowest BCUT2D eigenvalue weighted by Gasteiger charge is -2.31. The van der Waals surface area contributed by atoms with Crippen LogP contribution >= 0.6 is 0 Å². The van der Waals surface area contributed by atoms with Crippen molar-refractivity contribution < 1.29 is 8.83 Å². The lowest BCUT2D eigenvalue weighted by atomic mass is 9.72. The molecule has 9 aromatic rings. The van der Waals surface area contributed by atoms with E-state index in [1.165, 1.54) is 77.4 Å². The fourth-order valence-corrected chi connectivity index (χ4v) is 9.60. The molecule has 0 saturated carbocycles. The molecule has 0 aliphatic heterocycles. The molecule has 2 heteroatoms. The van der Waals surface area contributed by atoms with Gasteiger partial charge in [-0.2, -0.15) is 0 Å². The molecule has 0 saturated heterocycles. The van der Waals surface area contributed by atoms with Gasteiger partial charge in [0.2, 0.25) is 0 Å². The van der Waals surface area contributed by atoms with E-state index in [1.807, 2.05) is 0 Å². The van der Waals surface area contributed by atoms with Crippen LogP contribution in [0.3, 0.4) is 0 Å². The first-order valence-electron chi connectivity index (χ1n) is 17.6. The molecule has 2 aliphatic carbocycles. The molecule has 2 aromatic heterocycles. The van der Waals surface area contributed by atoms with Crippen molar-refractivity contribution in [2.75, 3.05) is 0 Å². The topological polar surface area (TPSA) is 26.3 Å². The summed E-state index contributed by atoms with van der Waals surface area (Å²) in [6.45, 7) is 9.68. The van der Waals surface area contributed by atoms with Gasteiger partial charge in [0.1, 0.15) is 22.3 Å². The second-order valence-corrected chi connectivity index (χ2v) is 15.2. The molecule has 11 rings (SSSR count). The SMILES string of the molecule is CC1(C)c2cc(-c3ccccc3)c3c(oc4ccccc43)c2-c2ccc3c(c21)C(C)(C)c1cc(-c2ccccc2)c2oc4ccccc4c2c1-3. The minimum absolute atomic E-state index is 0.263. The molecular weight excluding hydrogens is 609 g/mol.